The van der Waals surface area contributed by atoms with Crippen LogP contribution in [0.1, 0.15) is 73.4 Å². The third-order valence-electron chi connectivity index (χ3n) is 7.66. The molecule has 41 heavy (non-hydrogen) atoms. The summed E-state index contributed by atoms with van der Waals surface area (Å²) in [4.78, 5) is 16.0. The van der Waals surface area contributed by atoms with Crippen molar-refractivity contribution in [2.24, 2.45) is 5.41 Å². The quantitative estimate of drug-likeness (QED) is 0.153. The number of benzene rings is 2. The Morgan fingerprint density at radius 1 is 1.12 bits per heavy atom. The first-order valence-electron chi connectivity index (χ1n) is 13.7. The fraction of sp³-hybridized carbons (Fsp3) is 0.333. The number of thioether (sulfide) groups is 1. The number of pyridine rings is 1. The van der Waals surface area contributed by atoms with E-state index in [9.17, 15) is 15.0 Å². The maximum absolute atomic E-state index is 11.3. The van der Waals surface area contributed by atoms with Gasteiger partial charge >= 0.3 is 5.97 Å². The number of rotatable bonds is 12. The van der Waals surface area contributed by atoms with E-state index in [0.29, 0.717) is 9.36 Å². The Kier molecular flexibility index (Phi) is 9.17. The number of aromatic nitrogens is 1. The summed E-state index contributed by atoms with van der Waals surface area (Å²) in [5.41, 5.74) is 4.77. The smallest absolute Gasteiger partial charge is 0.303 e. The van der Waals surface area contributed by atoms with Crippen LogP contribution in [0.25, 0.3) is 22.4 Å². The van der Waals surface area contributed by atoms with Crippen molar-refractivity contribution in [2.45, 2.75) is 51.0 Å². The summed E-state index contributed by atoms with van der Waals surface area (Å²) in [5.74, 6) is 1.15. The van der Waals surface area contributed by atoms with Gasteiger partial charge in [-0.2, -0.15) is 11.8 Å². The Hall–Kier alpha value is -2.35. The van der Waals surface area contributed by atoms with Gasteiger partial charge in [-0.1, -0.05) is 77.8 Å². The van der Waals surface area contributed by atoms with Gasteiger partial charge in [-0.05, 0) is 90.5 Å². The van der Waals surface area contributed by atoms with Crippen molar-refractivity contribution in [3.63, 3.8) is 0 Å². The predicted molar refractivity (Wildman–Crippen MR) is 174 cm³/mol. The lowest BCUT2D eigenvalue weighted by molar-refractivity contribution is -0.138. The van der Waals surface area contributed by atoms with Crippen LogP contribution in [0.2, 0.25) is 9.36 Å². The summed E-state index contributed by atoms with van der Waals surface area (Å²) in [6.07, 6.45) is 7.16. The predicted octanol–water partition coefficient (Wildman–Crippen LogP) is 9.51. The van der Waals surface area contributed by atoms with Gasteiger partial charge in [-0.25, -0.2) is 4.98 Å². The normalized spacial score (nSPS) is 15.4. The molecule has 0 bridgehead atoms. The van der Waals surface area contributed by atoms with Crippen LogP contribution >= 0.6 is 46.3 Å². The van der Waals surface area contributed by atoms with Crippen LogP contribution in [0.4, 0.5) is 0 Å². The molecular weight excluding hydrogens is 593 g/mol. The zero-order valence-electron chi connectivity index (χ0n) is 23.1. The Morgan fingerprint density at radius 2 is 1.90 bits per heavy atom. The van der Waals surface area contributed by atoms with Gasteiger partial charge < -0.3 is 10.2 Å². The van der Waals surface area contributed by atoms with Gasteiger partial charge in [-0.15, -0.1) is 11.3 Å². The van der Waals surface area contributed by atoms with Crippen LogP contribution in [-0.2, 0) is 10.4 Å². The van der Waals surface area contributed by atoms with E-state index in [-0.39, 0.29) is 17.8 Å². The number of carboxylic acids is 1. The lowest BCUT2D eigenvalue weighted by atomic mass is 9.81. The molecule has 0 aliphatic heterocycles. The highest BCUT2D eigenvalue weighted by molar-refractivity contribution is 7.99. The molecular formula is C33H33Cl2NO3S2. The van der Waals surface area contributed by atoms with Crippen LogP contribution in [0.5, 0.6) is 0 Å². The number of aliphatic hydroxyl groups is 1. The molecule has 4 nitrogen and oxygen atoms in total. The van der Waals surface area contributed by atoms with Gasteiger partial charge in [0.1, 0.15) is 9.85 Å². The monoisotopic (exact) mass is 625 g/mol. The maximum atomic E-state index is 11.3. The molecule has 8 heteroatoms. The number of carbonyl (C=O) groups is 1. The lowest BCUT2D eigenvalue weighted by Crippen LogP contribution is -2.20. The fourth-order valence-corrected chi connectivity index (χ4v) is 8.09. The van der Waals surface area contributed by atoms with E-state index < -0.39 is 11.6 Å². The van der Waals surface area contributed by atoms with Crippen molar-refractivity contribution in [1.29, 1.82) is 0 Å². The lowest BCUT2D eigenvalue weighted by Gasteiger charge is -2.27. The molecule has 5 rings (SSSR count). The van der Waals surface area contributed by atoms with Crippen LogP contribution in [0.3, 0.4) is 0 Å². The van der Waals surface area contributed by atoms with Crippen molar-refractivity contribution in [3.05, 3.63) is 98.0 Å². The molecule has 0 amide bonds. The highest BCUT2D eigenvalue weighted by Gasteiger charge is 2.44. The Labute approximate surface area is 259 Å². The summed E-state index contributed by atoms with van der Waals surface area (Å²) in [5, 5.41) is 20.8. The maximum Gasteiger partial charge on any atom is 0.303 e. The molecule has 0 saturated heterocycles. The highest BCUT2D eigenvalue weighted by Crippen LogP contribution is 2.51. The Balaban J connectivity index is 1.40. The van der Waals surface area contributed by atoms with Crippen LogP contribution < -0.4 is 0 Å². The zero-order valence-corrected chi connectivity index (χ0v) is 26.2. The molecule has 214 valence electrons. The first kappa shape index (κ1) is 30.1. The minimum Gasteiger partial charge on any atom is -0.481 e. The van der Waals surface area contributed by atoms with Crippen molar-refractivity contribution >= 4 is 74.6 Å². The van der Waals surface area contributed by atoms with Crippen LogP contribution in [-0.4, -0.2) is 32.7 Å². The standard InChI is InChI=1S/C33H33Cl2NO3S2/c1-32(2,39)26-9-4-3-8-25(26)24(14-17-40-20-33(15-16-33)19-28(37)38)22-7-5-6-21(18-22)10-11-23-12-13-27-30(36-23)29(34)31(35)41-27/h3-13,18,24,39H,14-17,19-20H2,1-2H3,(H,37,38). The number of thiophene rings is 1. The first-order chi connectivity index (χ1) is 19.5. The van der Waals surface area contributed by atoms with E-state index in [2.05, 4.69) is 41.4 Å². The summed E-state index contributed by atoms with van der Waals surface area (Å²) in [6, 6.07) is 20.6. The van der Waals surface area contributed by atoms with E-state index in [1.165, 1.54) is 16.9 Å². The second kappa shape index (κ2) is 12.5. The van der Waals surface area contributed by atoms with Crippen LogP contribution in [0, 0.1) is 5.41 Å². The zero-order chi connectivity index (χ0) is 29.2. The van der Waals surface area contributed by atoms with Crippen LogP contribution in [0.15, 0.2) is 60.7 Å². The fourth-order valence-electron chi connectivity index (χ4n) is 5.31. The van der Waals surface area contributed by atoms with Gasteiger partial charge in [0.2, 0.25) is 0 Å². The molecule has 1 atom stereocenters. The number of halogens is 2. The second-order valence-electron chi connectivity index (χ2n) is 11.4. The average molecular weight is 627 g/mol. The minimum absolute atomic E-state index is 0.0304. The van der Waals surface area contributed by atoms with E-state index in [1.54, 1.807) is 0 Å². The summed E-state index contributed by atoms with van der Waals surface area (Å²) < 4.78 is 1.51. The Bertz CT molecular complexity index is 1590. The number of aliphatic carboxylic acids is 1. The number of hydrogen-bond acceptors (Lipinski definition) is 5. The number of nitrogens with zero attached hydrogens (tertiary/aromatic N) is 1. The largest absolute Gasteiger partial charge is 0.481 e. The molecule has 1 aliphatic carbocycles. The van der Waals surface area contributed by atoms with Crippen molar-refractivity contribution in [1.82, 2.24) is 4.98 Å². The molecule has 1 unspecified atom stereocenters. The van der Waals surface area contributed by atoms with E-state index in [1.807, 2.05) is 62.0 Å². The molecule has 2 N–H and O–H groups in total. The molecule has 1 aliphatic rings. The summed E-state index contributed by atoms with van der Waals surface area (Å²) in [6.45, 7) is 3.66. The molecule has 2 heterocycles. The Morgan fingerprint density at radius 3 is 2.63 bits per heavy atom. The van der Waals surface area contributed by atoms with Gasteiger partial charge in [-0.3, -0.25) is 4.79 Å². The number of carboxylic acid groups (broad SMARTS) is 1. The number of hydrogen-bond donors (Lipinski definition) is 2. The van der Waals surface area contributed by atoms with Gasteiger partial charge in [0.15, 0.2) is 0 Å². The van der Waals surface area contributed by atoms with E-state index >= 15 is 0 Å². The SMILES string of the molecule is CC(C)(O)c1ccccc1C(CCSCC1(CC(=O)O)CC1)c1cccc(C=Cc2ccc3sc(Cl)c(Cl)c3n2)c1. The first-order valence-corrected chi connectivity index (χ1v) is 16.4. The molecule has 1 fully saturated rings. The molecule has 2 aromatic carbocycles. The minimum atomic E-state index is -0.977. The van der Waals surface area contributed by atoms with Crippen molar-refractivity contribution in [2.75, 3.05) is 11.5 Å². The number of fused-ring (bicyclic) bond motifs is 1. The second-order valence-corrected chi connectivity index (χ2v) is 14.5. The van der Waals surface area contributed by atoms with Crippen molar-refractivity contribution < 1.29 is 15.0 Å². The highest BCUT2D eigenvalue weighted by atomic mass is 35.5. The van der Waals surface area contributed by atoms with E-state index in [0.717, 1.165) is 63.4 Å². The molecule has 4 aromatic rings. The summed E-state index contributed by atoms with van der Waals surface area (Å²) in [7, 11) is 0. The molecule has 0 radical (unpaired) electrons. The van der Waals surface area contributed by atoms with E-state index in [4.69, 9.17) is 23.2 Å². The third kappa shape index (κ3) is 7.36. The topological polar surface area (TPSA) is 70.4 Å². The molecule has 0 spiro atoms. The average Bonchev–Trinajstić information content (AvgIpc) is 3.63. The van der Waals surface area contributed by atoms with Gasteiger partial charge in [0, 0.05) is 5.92 Å². The summed E-state index contributed by atoms with van der Waals surface area (Å²) >= 11 is 15.8. The van der Waals surface area contributed by atoms with Gasteiger partial charge in [0.05, 0.1) is 27.4 Å². The molecule has 1 saturated carbocycles. The molecule has 2 aromatic heterocycles. The third-order valence-corrected chi connectivity index (χ3v) is 10.9. The van der Waals surface area contributed by atoms with Crippen molar-refractivity contribution in [3.8, 4) is 0 Å². The van der Waals surface area contributed by atoms with Gasteiger partial charge in [0.25, 0.3) is 0 Å².